The predicted molar refractivity (Wildman–Crippen MR) is 79.1 cm³/mol. The Bertz CT molecular complexity index is 415. The Kier molecular flexibility index (Phi) is 4.46. The molecule has 1 aromatic rings. The van der Waals surface area contributed by atoms with Crippen LogP contribution in [0.25, 0.3) is 0 Å². The molecule has 2 nitrogen and oxygen atoms in total. The van der Waals surface area contributed by atoms with Gasteiger partial charge in [-0.15, -0.1) is 0 Å². The molecule has 0 saturated carbocycles. The number of nitrogens with one attached hydrogen (secondary N) is 1. The molecule has 0 radical (unpaired) electrons. The minimum absolute atomic E-state index is 0.149. The second kappa shape index (κ2) is 5.91. The Balaban J connectivity index is 2.28. The third-order valence-electron chi connectivity index (χ3n) is 4.59. The molecule has 1 aromatic carbocycles. The first-order valence-electron chi connectivity index (χ1n) is 7.41. The third kappa shape index (κ3) is 2.92. The molecule has 1 saturated heterocycles. The smallest absolute Gasteiger partial charge is 0.125 e. The zero-order valence-electron chi connectivity index (χ0n) is 12.2. The van der Waals surface area contributed by atoms with E-state index in [1.165, 1.54) is 6.07 Å². The Hall–Kier alpha value is -1.09. The van der Waals surface area contributed by atoms with Gasteiger partial charge >= 0.3 is 0 Å². The highest BCUT2D eigenvalue weighted by atomic mass is 19.1. The fraction of sp³-hybridized carbons (Fsp3) is 0.625. The number of hydrogen-bond donors (Lipinski definition) is 1. The molecule has 2 rings (SSSR count). The summed E-state index contributed by atoms with van der Waals surface area (Å²) in [5.41, 5.74) is 1.18. The van der Waals surface area contributed by atoms with Crippen LogP contribution in [-0.4, -0.2) is 24.7 Å². The maximum Gasteiger partial charge on any atom is 0.125 e. The molecule has 1 fully saturated rings. The van der Waals surface area contributed by atoms with Crippen molar-refractivity contribution in [2.75, 3.05) is 18.0 Å². The summed E-state index contributed by atoms with van der Waals surface area (Å²) in [6.45, 7) is 8.60. The lowest BCUT2D eigenvalue weighted by Gasteiger charge is -2.48. The predicted octanol–water partition coefficient (Wildman–Crippen LogP) is 3.57. The average molecular weight is 264 g/mol. The van der Waals surface area contributed by atoms with Gasteiger partial charge < -0.3 is 10.2 Å². The number of benzene rings is 1. The molecular weight excluding hydrogens is 239 g/mol. The molecule has 0 amide bonds. The third-order valence-corrected chi connectivity index (χ3v) is 4.59. The molecule has 0 spiro atoms. The molecule has 0 aliphatic carbocycles. The van der Waals surface area contributed by atoms with E-state index in [0.29, 0.717) is 6.04 Å². The number of hydrogen-bond acceptors (Lipinski definition) is 2. The van der Waals surface area contributed by atoms with Crippen molar-refractivity contribution in [1.29, 1.82) is 0 Å². The van der Waals surface area contributed by atoms with Gasteiger partial charge in [-0.25, -0.2) is 4.39 Å². The fourth-order valence-electron chi connectivity index (χ4n) is 3.00. The van der Waals surface area contributed by atoms with Crippen molar-refractivity contribution in [2.45, 2.75) is 51.6 Å². The van der Waals surface area contributed by atoms with Gasteiger partial charge in [-0.1, -0.05) is 26.8 Å². The summed E-state index contributed by atoms with van der Waals surface area (Å²) in [5.74, 6) is -0.149. The Labute approximate surface area is 116 Å². The van der Waals surface area contributed by atoms with E-state index < -0.39 is 0 Å². The van der Waals surface area contributed by atoms with Crippen molar-refractivity contribution in [3.8, 4) is 0 Å². The van der Waals surface area contributed by atoms with Gasteiger partial charge in [-0.05, 0) is 37.5 Å². The Morgan fingerprint density at radius 3 is 2.63 bits per heavy atom. The van der Waals surface area contributed by atoms with Gasteiger partial charge in [0.25, 0.3) is 0 Å². The van der Waals surface area contributed by atoms with Crippen LogP contribution in [0.4, 0.5) is 10.1 Å². The van der Waals surface area contributed by atoms with Gasteiger partial charge in [0.2, 0.25) is 0 Å². The first-order chi connectivity index (χ1) is 9.14. The Morgan fingerprint density at radius 2 is 2.05 bits per heavy atom. The zero-order chi connectivity index (χ0) is 13.9. The second-order valence-electron chi connectivity index (χ2n) is 5.54. The van der Waals surface area contributed by atoms with Gasteiger partial charge in [0, 0.05) is 30.4 Å². The van der Waals surface area contributed by atoms with Crippen LogP contribution in [0.15, 0.2) is 24.3 Å². The fourth-order valence-corrected chi connectivity index (χ4v) is 3.00. The Morgan fingerprint density at radius 1 is 1.32 bits per heavy atom. The molecule has 106 valence electrons. The molecular formula is C16H25FN2. The van der Waals surface area contributed by atoms with E-state index in [1.807, 2.05) is 6.07 Å². The van der Waals surface area contributed by atoms with E-state index in [-0.39, 0.29) is 11.4 Å². The largest absolute Gasteiger partial charge is 0.365 e. The molecule has 1 aliphatic rings. The van der Waals surface area contributed by atoms with E-state index in [2.05, 4.69) is 31.0 Å². The quantitative estimate of drug-likeness (QED) is 0.894. The lowest BCUT2D eigenvalue weighted by atomic mass is 9.87. The highest BCUT2D eigenvalue weighted by molar-refractivity contribution is 5.49. The second-order valence-corrected chi connectivity index (χ2v) is 5.54. The summed E-state index contributed by atoms with van der Waals surface area (Å²) in [7, 11) is 0. The summed E-state index contributed by atoms with van der Waals surface area (Å²) in [6, 6.07) is 7.45. The van der Waals surface area contributed by atoms with E-state index >= 15 is 0 Å². The monoisotopic (exact) mass is 264 g/mol. The summed E-state index contributed by atoms with van der Waals surface area (Å²) >= 11 is 0. The first-order valence-corrected chi connectivity index (χ1v) is 7.41. The molecule has 0 bridgehead atoms. The molecule has 1 heterocycles. The standard InChI is InChI=1S/C16H25FN2/c1-4-14-11-18-16(5-2,6-3)12-19(14)15-9-7-8-13(17)10-15/h7-10,14,18H,4-6,11-12H2,1-3H3. The number of nitrogens with zero attached hydrogens (tertiary/aromatic N) is 1. The maximum absolute atomic E-state index is 13.5. The van der Waals surface area contributed by atoms with Gasteiger partial charge in [0.1, 0.15) is 5.82 Å². The highest BCUT2D eigenvalue weighted by Gasteiger charge is 2.36. The van der Waals surface area contributed by atoms with Gasteiger partial charge in [-0.2, -0.15) is 0 Å². The van der Waals surface area contributed by atoms with Crippen molar-refractivity contribution < 1.29 is 4.39 Å². The van der Waals surface area contributed by atoms with Crippen molar-refractivity contribution in [1.82, 2.24) is 5.32 Å². The topological polar surface area (TPSA) is 15.3 Å². The summed E-state index contributed by atoms with van der Waals surface area (Å²) in [4.78, 5) is 2.38. The van der Waals surface area contributed by atoms with Gasteiger partial charge in [-0.3, -0.25) is 0 Å². The van der Waals surface area contributed by atoms with Gasteiger partial charge in [0.15, 0.2) is 0 Å². The van der Waals surface area contributed by atoms with Crippen LogP contribution in [0.1, 0.15) is 40.0 Å². The molecule has 3 heteroatoms. The lowest BCUT2D eigenvalue weighted by molar-refractivity contribution is 0.246. The minimum atomic E-state index is -0.149. The van der Waals surface area contributed by atoms with E-state index in [0.717, 1.165) is 38.0 Å². The SMILES string of the molecule is CCC1CNC(CC)(CC)CN1c1cccc(F)c1. The normalized spacial score (nSPS) is 22.5. The zero-order valence-corrected chi connectivity index (χ0v) is 12.2. The summed E-state index contributed by atoms with van der Waals surface area (Å²) < 4.78 is 13.5. The summed E-state index contributed by atoms with van der Waals surface area (Å²) in [5, 5.41) is 3.71. The highest BCUT2D eigenvalue weighted by Crippen LogP contribution is 2.28. The van der Waals surface area contributed by atoms with Crippen LogP contribution in [0.2, 0.25) is 0 Å². The first kappa shape index (κ1) is 14.3. The van der Waals surface area contributed by atoms with Crippen molar-refractivity contribution >= 4 is 5.69 Å². The summed E-state index contributed by atoms with van der Waals surface area (Å²) in [6.07, 6.45) is 3.28. The average Bonchev–Trinajstić information content (AvgIpc) is 2.46. The molecule has 1 atom stereocenters. The molecule has 1 N–H and O–H groups in total. The van der Waals surface area contributed by atoms with E-state index in [9.17, 15) is 4.39 Å². The van der Waals surface area contributed by atoms with Crippen molar-refractivity contribution in [3.05, 3.63) is 30.1 Å². The van der Waals surface area contributed by atoms with Crippen LogP contribution in [0, 0.1) is 5.82 Å². The van der Waals surface area contributed by atoms with Gasteiger partial charge in [0.05, 0.1) is 0 Å². The number of anilines is 1. The van der Waals surface area contributed by atoms with E-state index in [1.54, 1.807) is 12.1 Å². The maximum atomic E-state index is 13.5. The van der Waals surface area contributed by atoms with E-state index in [4.69, 9.17) is 0 Å². The van der Waals surface area contributed by atoms with Crippen LogP contribution in [-0.2, 0) is 0 Å². The molecule has 1 unspecified atom stereocenters. The molecule has 1 aliphatic heterocycles. The van der Waals surface area contributed by atoms with Crippen LogP contribution in [0.3, 0.4) is 0 Å². The van der Waals surface area contributed by atoms with Crippen LogP contribution < -0.4 is 10.2 Å². The molecule has 19 heavy (non-hydrogen) atoms. The van der Waals surface area contributed by atoms with Crippen molar-refractivity contribution in [2.24, 2.45) is 0 Å². The van der Waals surface area contributed by atoms with Crippen LogP contribution in [0.5, 0.6) is 0 Å². The van der Waals surface area contributed by atoms with Crippen molar-refractivity contribution in [3.63, 3.8) is 0 Å². The number of halogens is 1. The lowest BCUT2D eigenvalue weighted by Crippen LogP contribution is -2.64. The number of rotatable bonds is 4. The minimum Gasteiger partial charge on any atom is -0.365 e. The molecule has 0 aromatic heterocycles. The van der Waals surface area contributed by atoms with Crippen LogP contribution >= 0.6 is 0 Å². The number of piperazine rings is 1.